The summed E-state index contributed by atoms with van der Waals surface area (Å²) < 4.78 is 0. The average molecular weight is 174 g/mol. The van der Waals surface area contributed by atoms with Crippen molar-refractivity contribution in [2.45, 2.75) is 6.92 Å². The van der Waals surface area contributed by atoms with Crippen molar-refractivity contribution in [1.29, 1.82) is 0 Å². The van der Waals surface area contributed by atoms with Crippen LogP contribution in [0.25, 0.3) is 0 Å². The second-order valence-corrected chi connectivity index (χ2v) is 1.70. The smallest absolute Gasteiger partial charge is 0.162 e. The Labute approximate surface area is 70.2 Å². The van der Waals surface area contributed by atoms with Crippen LogP contribution in [-0.2, 0) is 0 Å². The van der Waals surface area contributed by atoms with Crippen LogP contribution in [0.5, 0.6) is 0 Å². The molecule has 0 amide bonds. The van der Waals surface area contributed by atoms with E-state index in [1.807, 2.05) is 13.0 Å². The Hall–Kier alpha value is -1.28. The Morgan fingerprint density at radius 2 is 1.83 bits per heavy atom. The Bertz CT molecular complexity index is 188. The molecule has 0 atom stereocenters. The maximum absolute atomic E-state index is 5.05. The van der Waals surface area contributed by atoms with Gasteiger partial charge in [-0.15, -0.1) is 5.10 Å². The van der Waals surface area contributed by atoms with Crippen LogP contribution in [0.15, 0.2) is 12.1 Å². The van der Waals surface area contributed by atoms with E-state index in [-0.39, 0.29) is 5.48 Å². The highest BCUT2D eigenvalue weighted by atomic mass is 16.0. The molecular weight excluding hydrogens is 160 g/mol. The summed E-state index contributed by atoms with van der Waals surface area (Å²) in [6.45, 7) is 1.87. The van der Waals surface area contributed by atoms with Crippen molar-refractivity contribution < 1.29 is 5.48 Å². The topological polar surface area (TPSA) is 147 Å². The van der Waals surface area contributed by atoms with Crippen LogP contribution in [0.4, 0.5) is 5.82 Å². The first-order valence-corrected chi connectivity index (χ1v) is 2.93. The molecule has 1 heterocycles. The number of aromatic nitrogens is 2. The number of nitrogens with two attached hydrogens (primary N) is 3. The van der Waals surface area contributed by atoms with Crippen LogP contribution < -0.4 is 23.0 Å². The van der Waals surface area contributed by atoms with Crippen LogP contribution in [0.1, 0.15) is 5.69 Å². The predicted octanol–water partition coefficient (Wildman–Crippen LogP) is -1.94. The van der Waals surface area contributed by atoms with Crippen LogP contribution in [0, 0.1) is 6.92 Å². The second kappa shape index (κ2) is 7.82. The number of hydrazine groups is 2. The van der Waals surface area contributed by atoms with E-state index in [1.165, 1.54) is 0 Å². The molecule has 0 spiro atoms. The van der Waals surface area contributed by atoms with Crippen molar-refractivity contribution in [3.05, 3.63) is 17.8 Å². The van der Waals surface area contributed by atoms with Crippen molar-refractivity contribution in [1.82, 2.24) is 10.2 Å². The van der Waals surface area contributed by atoms with Gasteiger partial charge in [0.2, 0.25) is 0 Å². The number of anilines is 1. The molecule has 1 aromatic heterocycles. The van der Waals surface area contributed by atoms with Crippen molar-refractivity contribution >= 4 is 5.82 Å². The lowest BCUT2D eigenvalue weighted by molar-refractivity contribution is 0.824. The summed E-state index contributed by atoms with van der Waals surface area (Å²) in [7, 11) is 0. The summed E-state index contributed by atoms with van der Waals surface area (Å²) in [5.74, 6) is 13.6. The third kappa shape index (κ3) is 4.52. The van der Waals surface area contributed by atoms with Crippen LogP contribution in [0.2, 0.25) is 0 Å². The fourth-order valence-electron chi connectivity index (χ4n) is 0.476. The zero-order chi connectivity index (χ0) is 8.69. The van der Waals surface area contributed by atoms with Gasteiger partial charge in [0.15, 0.2) is 5.82 Å². The molecule has 0 radical (unpaired) electrons. The quantitative estimate of drug-likeness (QED) is 0.287. The van der Waals surface area contributed by atoms with E-state index < -0.39 is 0 Å². The third-order valence-electron chi connectivity index (χ3n) is 0.946. The first-order valence-electron chi connectivity index (χ1n) is 2.93. The molecule has 0 aromatic carbocycles. The molecule has 70 valence electrons. The van der Waals surface area contributed by atoms with Crippen molar-refractivity contribution in [2.75, 3.05) is 5.43 Å². The van der Waals surface area contributed by atoms with Gasteiger partial charge in [0.05, 0.1) is 5.69 Å². The summed E-state index contributed by atoms with van der Waals surface area (Å²) >= 11 is 0. The maximum Gasteiger partial charge on any atom is 0.162 e. The highest BCUT2D eigenvalue weighted by Gasteiger charge is 1.87. The minimum Gasteiger partial charge on any atom is -0.412 e. The molecule has 0 fully saturated rings. The Balaban J connectivity index is 0. The molecule has 0 aliphatic heterocycles. The highest BCUT2D eigenvalue weighted by Crippen LogP contribution is 1.96. The fraction of sp³-hybridized carbons (Fsp3) is 0.200. The first kappa shape index (κ1) is 13.3. The largest absolute Gasteiger partial charge is 0.412 e. The molecule has 9 N–H and O–H groups in total. The van der Waals surface area contributed by atoms with E-state index in [9.17, 15) is 0 Å². The molecule has 0 unspecified atom stereocenters. The van der Waals surface area contributed by atoms with E-state index in [4.69, 9.17) is 5.84 Å². The van der Waals surface area contributed by atoms with E-state index in [0.29, 0.717) is 5.82 Å². The minimum atomic E-state index is 0. The van der Waals surface area contributed by atoms with Gasteiger partial charge in [0, 0.05) is 0 Å². The van der Waals surface area contributed by atoms with Crippen molar-refractivity contribution in [3.63, 3.8) is 0 Å². The highest BCUT2D eigenvalue weighted by molar-refractivity contribution is 5.30. The van der Waals surface area contributed by atoms with Crippen LogP contribution in [0.3, 0.4) is 0 Å². The number of rotatable bonds is 1. The lowest BCUT2D eigenvalue weighted by atomic mass is 10.4. The van der Waals surface area contributed by atoms with Gasteiger partial charge in [0.1, 0.15) is 0 Å². The monoisotopic (exact) mass is 174 g/mol. The van der Waals surface area contributed by atoms with Gasteiger partial charge in [0.25, 0.3) is 0 Å². The van der Waals surface area contributed by atoms with E-state index in [0.717, 1.165) is 5.69 Å². The average Bonchev–Trinajstić information content (AvgIpc) is 2.10. The molecular formula is C5H14N6O. The summed E-state index contributed by atoms with van der Waals surface area (Å²) in [5, 5.41) is 7.47. The lowest BCUT2D eigenvalue weighted by Crippen LogP contribution is -2.08. The summed E-state index contributed by atoms with van der Waals surface area (Å²) in [5.41, 5.74) is 3.26. The summed E-state index contributed by atoms with van der Waals surface area (Å²) in [6.07, 6.45) is 0. The molecule has 12 heavy (non-hydrogen) atoms. The number of aryl methyl sites for hydroxylation is 1. The van der Waals surface area contributed by atoms with Gasteiger partial charge in [-0.05, 0) is 19.1 Å². The van der Waals surface area contributed by atoms with Gasteiger partial charge in [-0.2, -0.15) is 5.10 Å². The SMILES string of the molecule is Cc1ccc(NN)nn1.NN.O. The maximum atomic E-state index is 5.05. The number of hydrogen-bond acceptors (Lipinski definition) is 6. The second-order valence-electron chi connectivity index (χ2n) is 1.70. The lowest BCUT2D eigenvalue weighted by Gasteiger charge is -1.94. The fourth-order valence-corrected chi connectivity index (χ4v) is 0.476. The number of hydrogen-bond donors (Lipinski definition) is 4. The van der Waals surface area contributed by atoms with E-state index in [1.54, 1.807) is 6.07 Å². The molecule has 7 nitrogen and oxygen atoms in total. The van der Waals surface area contributed by atoms with Crippen LogP contribution >= 0.6 is 0 Å². The molecule has 1 rings (SSSR count). The van der Waals surface area contributed by atoms with Crippen LogP contribution in [-0.4, -0.2) is 15.7 Å². The number of nitrogens with one attached hydrogen (secondary N) is 1. The normalized spacial score (nSPS) is 7.33. The van der Waals surface area contributed by atoms with Gasteiger partial charge in [-0.1, -0.05) is 0 Å². The number of nitrogen functional groups attached to an aromatic ring is 1. The summed E-state index contributed by atoms with van der Waals surface area (Å²) in [6, 6.07) is 3.60. The van der Waals surface area contributed by atoms with Gasteiger partial charge >= 0.3 is 0 Å². The molecule has 0 aliphatic carbocycles. The first-order chi connectivity index (χ1) is 5.33. The van der Waals surface area contributed by atoms with Crippen molar-refractivity contribution in [3.8, 4) is 0 Å². The predicted molar refractivity (Wildman–Crippen MR) is 46.6 cm³/mol. The molecule has 0 saturated heterocycles. The van der Waals surface area contributed by atoms with Gasteiger partial charge < -0.3 is 10.9 Å². The van der Waals surface area contributed by atoms with E-state index in [2.05, 4.69) is 27.3 Å². The zero-order valence-corrected chi connectivity index (χ0v) is 6.78. The Morgan fingerprint density at radius 1 is 1.25 bits per heavy atom. The van der Waals surface area contributed by atoms with E-state index >= 15 is 0 Å². The molecule has 0 saturated carbocycles. The molecule has 0 aliphatic rings. The summed E-state index contributed by atoms with van der Waals surface area (Å²) in [4.78, 5) is 0. The Morgan fingerprint density at radius 3 is 2.17 bits per heavy atom. The standard InChI is InChI=1S/C5H8N4.H4N2.H2O/c1-4-2-3-5(7-6)9-8-4;1-2;/h2-3H,6H2,1H3,(H,7,9);1-2H2;1H2. The molecule has 1 aromatic rings. The van der Waals surface area contributed by atoms with Crippen molar-refractivity contribution in [2.24, 2.45) is 17.5 Å². The molecule has 7 heteroatoms. The van der Waals surface area contributed by atoms with Gasteiger partial charge in [-0.3, -0.25) is 11.7 Å². The zero-order valence-electron chi connectivity index (χ0n) is 6.78. The van der Waals surface area contributed by atoms with Gasteiger partial charge in [-0.25, -0.2) is 5.84 Å². The number of nitrogens with zero attached hydrogens (tertiary/aromatic N) is 2. The minimum absolute atomic E-state index is 0. The molecule has 0 bridgehead atoms. The Kier molecular flexibility index (Phi) is 8.68. The third-order valence-corrected chi connectivity index (χ3v) is 0.946.